The van der Waals surface area contributed by atoms with Gasteiger partial charge in [-0.15, -0.1) is 0 Å². The van der Waals surface area contributed by atoms with E-state index in [-0.39, 0.29) is 12.1 Å². The number of likely N-dealkylation sites (tertiary alicyclic amines) is 1. The predicted molar refractivity (Wildman–Crippen MR) is 124 cm³/mol. The van der Waals surface area contributed by atoms with Crippen molar-refractivity contribution in [2.45, 2.75) is 18.9 Å². The number of methoxy groups -OCH3 is 2. The molecule has 0 bridgehead atoms. The quantitative estimate of drug-likeness (QED) is 0.451. The zero-order valence-corrected chi connectivity index (χ0v) is 18.4. The molecule has 1 aliphatic heterocycles. The first-order valence-corrected chi connectivity index (χ1v) is 10.8. The van der Waals surface area contributed by atoms with Crippen LogP contribution in [0.15, 0.2) is 65.3 Å². The first kappa shape index (κ1) is 20.8. The van der Waals surface area contributed by atoms with Crippen LogP contribution in [0.2, 0.25) is 0 Å². The smallest absolute Gasteiger partial charge is 0.322 e. The summed E-state index contributed by atoms with van der Waals surface area (Å²) in [6, 6.07) is 14.6. The molecule has 4 aromatic rings. The molecule has 3 heterocycles. The SMILES string of the molecule is COc1ccc(NC(=O)N2CCCC2c2nc3cc(-c4cccnc4)ccc3o2)c(OC)c1. The van der Waals surface area contributed by atoms with E-state index in [4.69, 9.17) is 18.9 Å². The van der Waals surface area contributed by atoms with Crippen LogP contribution in [0.25, 0.3) is 22.2 Å². The Morgan fingerprint density at radius 2 is 2.03 bits per heavy atom. The van der Waals surface area contributed by atoms with Crippen LogP contribution in [0.3, 0.4) is 0 Å². The number of anilines is 1. The molecular weight excluding hydrogens is 420 g/mol. The molecule has 1 atom stereocenters. The van der Waals surface area contributed by atoms with Crippen LogP contribution < -0.4 is 14.8 Å². The topological polar surface area (TPSA) is 89.7 Å². The van der Waals surface area contributed by atoms with Crippen molar-refractivity contribution in [1.82, 2.24) is 14.9 Å². The molecule has 33 heavy (non-hydrogen) atoms. The second-order valence-corrected chi connectivity index (χ2v) is 7.82. The van der Waals surface area contributed by atoms with Gasteiger partial charge in [0.25, 0.3) is 0 Å². The average molecular weight is 444 g/mol. The summed E-state index contributed by atoms with van der Waals surface area (Å²) >= 11 is 0. The average Bonchev–Trinajstić information content (AvgIpc) is 3.51. The van der Waals surface area contributed by atoms with Gasteiger partial charge in [0, 0.05) is 30.6 Å². The second kappa shape index (κ2) is 8.82. The molecule has 2 aromatic heterocycles. The lowest BCUT2D eigenvalue weighted by Gasteiger charge is -2.23. The Bertz CT molecular complexity index is 1290. The van der Waals surface area contributed by atoms with E-state index in [0.29, 0.717) is 35.2 Å². The number of fused-ring (bicyclic) bond motifs is 1. The molecule has 1 aliphatic rings. The zero-order chi connectivity index (χ0) is 22.8. The summed E-state index contributed by atoms with van der Waals surface area (Å²) in [7, 11) is 3.14. The normalized spacial score (nSPS) is 15.6. The maximum absolute atomic E-state index is 13.1. The molecular formula is C25H24N4O4. The van der Waals surface area contributed by atoms with Crippen molar-refractivity contribution >= 4 is 22.8 Å². The van der Waals surface area contributed by atoms with Crippen LogP contribution in [0, 0.1) is 0 Å². The maximum Gasteiger partial charge on any atom is 0.322 e. The van der Waals surface area contributed by atoms with Crippen molar-refractivity contribution in [1.29, 1.82) is 0 Å². The Kier molecular flexibility index (Phi) is 5.56. The van der Waals surface area contributed by atoms with Gasteiger partial charge in [-0.3, -0.25) is 4.98 Å². The molecule has 1 N–H and O–H groups in total. The van der Waals surface area contributed by atoms with Gasteiger partial charge in [0.05, 0.1) is 19.9 Å². The monoisotopic (exact) mass is 444 g/mol. The molecule has 0 aliphatic carbocycles. The fourth-order valence-electron chi connectivity index (χ4n) is 4.16. The van der Waals surface area contributed by atoms with Gasteiger partial charge in [-0.05, 0) is 48.7 Å². The molecule has 2 aromatic carbocycles. The van der Waals surface area contributed by atoms with Gasteiger partial charge in [-0.2, -0.15) is 0 Å². The molecule has 5 rings (SSSR count). The fraction of sp³-hybridized carbons (Fsp3) is 0.240. The first-order chi connectivity index (χ1) is 16.2. The van der Waals surface area contributed by atoms with Crippen molar-refractivity contribution in [3.8, 4) is 22.6 Å². The van der Waals surface area contributed by atoms with Crippen LogP contribution in [0.4, 0.5) is 10.5 Å². The van der Waals surface area contributed by atoms with Crippen molar-refractivity contribution in [3.05, 3.63) is 66.8 Å². The van der Waals surface area contributed by atoms with Crippen LogP contribution in [0.5, 0.6) is 11.5 Å². The Morgan fingerprint density at radius 1 is 1.12 bits per heavy atom. The molecule has 0 spiro atoms. The number of carbonyl (C=O) groups is 1. The van der Waals surface area contributed by atoms with E-state index < -0.39 is 0 Å². The number of hydrogen-bond acceptors (Lipinski definition) is 6. The van der Waals surface area contributed by atoms with Gasteiger partial charge in [-0.1, -0.05) is 12.1 Å². The van der Waals surface area contributed by atoms with E-state index in [2.05, 4.69) is 10.3 Å². The molecule has 1 fully saturated rings. The minimum atomic E-state index is -0.233. The summed E-state index contributed by atoms with van der Waals surface area (Å²) in [5, 5.41) is 2.95. The van der Waals surface area contributed by atoms with E-state index >= 15 is 0 Å². The molecule has 0 radical (unpaired) electrons. The van der Waals surface area contributed by atoms with Crippen LogP contribution >= 0.6 is 0 Å². The zero-order valence-electron chi connectivity index (χ0n) is 18.4. The third kappa shape index (κ3) is 4.07. The van der Waals surface area contributed by atoms with Gasteiger partial charge >= 0.3 is 6.03 Å². The van der Waals surface area contributed by atoms with E-state index in [1.807, 2.05) is 36.5 Å². The minimum absolute atomic E-state index is 0.223. The Balaban J connectivity index is 1.38. The first-order valence-electron chi connectivity index (χ1n) is 10.8. The highest BCUT2D eigenvalue weighted by Crippen LogP contribution is 2.36. The lowest BCUT2D eigenvalue weighted by Crippen LogP contribution is -2.34. The fourth-order valence-corrected chi connectivity index (χ4v) is 4.16. The van der Waals surface area contributed by atoms with Crippen LogP contribution in [-0.2, 0) is 0 Å². The number of aromatic nitrogens is 2. The summed E-state index contributed by atoms with van der Waals surface area (Å²) in [4.78, 5) is 23.8. The van der Waals surface area contributed by atoms with E-state index in [1.165, 1.54) is 0 Å². The summed E-state index contributed by atoms with van der Waals surface area (Å²) < 4.78 is 16.7. The minimum Gasteiger partial charge on any atom is -0.497 e. The number of nitrogens with zero attached hydrogens (tertiary/aromatic N) is 3. The second-order valence-electron chi connectivity index (χ2n) is 7.82. The third-order valence-corrected chi connectivity index (χ3v) is 5.85. The standard InChI is InChI=1S/C25H24N4O4/c1-31-18-8-9-19(23(14-18)32-2)28-25(30)29-12-4-6-21(29)24-27-20-13-16(7-10-22(20)33-24)17-5-3-11-26-15-17/h3,5,7-11,13-15,21H,4,6,12H2,1-2H3,(H,28,30). The Hall–Kier alpha value is -4.07. The number of amides is 2. The van der Waals surface area contributed by atoms with Gasteiger partial charge < -0.3 is 24.1 Å². The van der Waals surface area contributed by atoms with Crippen LogP contribution in [0.1, 0.15) is 24.8 Å². The number of carbonyl (C=O) groups excluding carboxylic acids is 1. The molecule has 8 nitrogen and oxygen atoms in total. The highest BCUT2D eigenvalue weighted by molar-refractivity contribution is 5.91. The van der Waals surface area contributed by atoms with Gasteiger partial charge in [0.1, 0.15) is 23.1 Å². The van der Waals surface area contributed by atoms with Crippen molar-refractivity contribution in [2.24, 2.45) is 0 Å². The molecule has 0 saturated carbocycles. The van der Waals surface area contributed by atoms with Crippen LogP contribution in [-0.4, -0.2) is 41.7 Å². The number of oxazole rings is 1. The van der Waals surface area contributed by atoms with Crippen molar-refractivity contribution < 1.29 is 18.7 Å². The van der Waals surface area contributed by atoms with Crippen molar-refractivity contribution in [2.75, 3.05) is 26.1 Å². The number of pyridine rings is 1. The molecule has 1 unspecified atom stereocenters. The highest BCUT2D eigenvalue weighted by atomic mass is 16.5. The Labute approximate surface area is 191 Å². The lowest BCUT2D eigenvalue weighted by atomic mass is 10.1. The molecule has 168 valence electrons. The number of urea groups is 1. The van der Waals surface area contributed by atoms with Gasteiger partial charge in [0.2, 0.25) is 5.89 Å². The van der Waals surface area contributed by atoms with E-state index in [9.17, 15) is 4.79 Å². The molecule has 1 saturated heterocycles. The van der Waals surface area contributed by atoms with Gasteiger partial charge in [0.15, 0.2) is 5.58 Å². The summed E-state index contributed by atoms with van der Waals surface area (Å²) in [5.74, 6) is 1.73. The summed E-state index contributed by atoms with van der Waals surface area (Å²) in [6.45, 7) is 0.620. The number of nitrogens with one attached hydrogen (secondary N) is 1. The van der Waals surface area contributed by atoms with Gasteiger partial charge in [-0.25, -0.2) is 9.78 Å². The maximum atomic E-state index is 13.1. The van der Waals surface area contributed by atoms with E-state index in [1.54, 1.807) is 43.5 Å². The summed E-state index contributed by atoms with van der Waals surface area (Å²) in [6.07, 6.45) is 5.23. The lowest BCUT2D eigenvalue weighted by molar-refractivity contribution is 0.198. The highest BCUT2D eigenvalue weighted by Gasteiger charge is 2.34. The largest absolute Gasteiger partial charge is 0.497 e. The molecule has 8 heteroatoms. The number of rotatable bonds is 5. The summed E-state index contributed by atoms with van der Waals surface area (Å²) in [5.41, 5.74) is 4.06. The van der Waals surface area contributed by atoms with E-state index in [0.717, 1.165) is 29.5 Å². The number of ether oxygens (including phenoxy) is 2. The van der Waals surface area contributed by atoms with Crippen molar-refractivity contribution in [3.63, 3.8) is 0 Å². The Morgan fingerprint density at radius 3 is 2.82 bits per heavy atom. The number of hydrogen-bond donors (Lipinski definition) is 1. The molecule has 2 amide bonds. The third-order valence-electron chi connectivity index (χ3n) is 5.85. The number of benzene rings is 2. The predicted octanol–water partition coefficient (Wildman–Crippen LogP) is 5.28.